The molecule has 0 spiro atoms. The average molecular weight is 877 g/mol. The van der Waals surface area contributed by atoms with Crippen molar-refractivity contribution in [2.75, 3.05) is 9.80 Å². The monoisotopic (exact) mass is 877 g/mol. The van der Waals surface area contributed by atoms with Gasteiger partial charge in [-0.2, -0.15) is 0 Å². The first-order valence-corrected chi connectivity index (χ1v) is 25.7. The van der Waals surface area contributed by atoms with Crippen LogP contribution in [0.4, 0.5) is 28.4 Å². The first-order valence-electron chi connectivity index (χ1n) is 25.7. The van der Waals surface area contributed by atoms with Crippen LogP contribution < -0.4 is 25.5 Å². The van der Waals surface area contributed by atoms with Crippen molar-refractivity contribution in [2.24, 2.45) is 0 Å². The Morgan fingerprint density at radius 3 is 1.59 bits per heavy atom. The van der Waals surface area contributed by atoms with Crippen molar-refractivity contribution in [1.82, 2.24) is 0 Å². The Labute approximate surface area is 399 Å². The lowest BCUT2D eigenvalue weighted by molar-refractivity contribution is 0.231. The van der Waals surface area contributed by atoms with Crippen LogP contribution in [0.5, 0.6) is 5.75 Å². The standard InChI is InChI=1S/C62H77BN2O/c1-36-28-50-54-51(29-36)65(48-34-45-42(30-37(48)2)58(8,9)24-26-61(45,14)15)49-35-46-44(60(12,13)25-27-62(46,16)17)33-47(49)63(54)53-40-31-38(56(3,4)5)18-21-52(40)66-55(53)64(50)39-19-20-41-43(32-39)59(10,11)23-22-57(41,6)7/h18-21,28-35,53,55H,22-27H2,1-17H3. The molecule has 0 amide bonds. The van der Waals surface area contributed by atoms with E-state index in [-0.39, 0.29) is 56.7 Å². The number of benzene rings is 5. The van der Waals surface area contributed by atoms with E-state index >= 15 is 0 Å². The summed E-state index contributed by atoms with van der Waals surface area (Å²) < 4.78 is 7.52. The fourth-order valence-corrected chi connectivity index (χ4v) is 13.8. The Kier molecular flexibility index (Phi) is 9.11. The molecular weight excluding hydrogens is 800 g/mol. The molecule has 11 rings (SSSR count). The van der Waals surface area contributed by atoms with E-state index in [9.17, 15) is 0 Å². The first kappa shape index (κ1) is 44.1. The van der Waals surface area contributed by atoms with E-state index in [4.69, 9.17) is 4.74 Å². The zero-order chi connectivity index (χ0) is 47.2. The Bertz CT molecular complexity index is 2900. The van der Waals surface area contributed by atoms with Gasteiger partial charge in [0, 0.05) is 34.3 Å². The summed E-state index contributed by atoms with van der Waals surface area (Å²) in [7, 11) is 0. The van der Waals surface area contributed by atoms with Gasteiger partial charge in [0.2, 0.25) is 6.71 Å². The molecule has 3 aliphatic carbocycles. The fraction of sp³-hybridized carbons (Fsp3) is 0.516. The molecule has 344 valence electrons. The van der Waals surface area contributed by atoms with Crippen molar-refractivity contribution >= 4 is 46.1 Å². The lowest BCUT2D eigenvalue weighted by Crippen LogP contribution is -2.63. The van der Waals surface area contributed by atoms with Gasteiger partial charge >= 0.3 is 0 Å². The lowest BCUT2D eigenvalue weighted by Gasteiger charge is -2.50. The molecule has 0 fully saturated rings. The molecule has 2 unspecified atom stereocenters. The summed E-state index contributed by atoms with van der Waals surface area (Å²) in [5, 5.41) is 0. The zero-order valence-corrected chi connectivity index (χ0v) is 43.7. The van der Waals surface area contributed by atoms with Gasteiger partial charge in [0.25, 0.3) is 0 Å². The zero-order valence-electron chi connectivity index (χ0n) is 43.7. The van der Waals surface area contributed by atoms with Gasteiger partial charge in [-0.05, 0) is 199 Å². The molecule has 3 aliphatic heterocycles. The Hall–Kier alpha value is -4.44. The quantitative estimate of drug-likeness (QED) is 0.164. The highest BCUT2D eigenvalue weighted by molar-refractivity contribution is 6.91. The molecule has 4 heteroatoms. The molecule has 3 heterocycles. The normalized spacial score (nSPS) is 23.9. The number of hydrogen-bond donors (Lipinski definition) is 0. The topological polar surface area (TPSA) is 15.7 Å². The van der Waals surface area contributed by atoms with Crippen LogP contribution in [0, 0.1) is 13.8 Å². The highest BCUT2D eigenvalue weighted by Crippen LogP contribution is 2.57. The minimum Gasteiger partial charge on any atom is -0.470 e. The van der Waals surface area contributed by atoms with Crippen molar-refractivity contribution in [3.8, 4) is 5.75 Å². The number of ether oxygens (including phenoxy) is 1. The molecule has 0 bridgehead atoms. The summed E-state index contributed by atoms with van der Waals surface area (Å²) in [6.45, 7) is 41.6. The third-order valence-corrected chi connectivity index (χ3v) is 18.6. The highest BCUT2D eigenvalue weighted by atomic mass is 16.5. The molecule has 0 saturated carbocycles. The SMILES string of the molecule is Cc1cc2c3c(c1)N(c1ccc4c(c1)C(C)(C)CCC4(C)C)C1Oc4ccc(C(C)(C)C)cc4C1B3c1cc3c(cc1N2c1cc2c(cc1C)C(C)(C)CCC2(C)C)C(C)(C)CCC3(C)C. The summed E-state index contributed by atoms with van der Waals surface area (Å²) in [6.07, 6.45) is 6.93. The minimum absolute atomic E-state index is 0.000792. The number of nitrogens with zero attached hydrogens (tertiary/aromatic N) is 2. The summed E-state index contributed by atoms with van der Waals surface area (Å²) in [6, 6.07) is 30.3. The predicted octanol–water partition coefficient (Wildman–Crippen LogP) is 15.2. The van der Waals surface area contributed by atoms with Crippen molar-refractivity contribution in [2.45, 2.75) is 206 Å². The minimum atomic E-state index is -0.214. The van der Waals surface area contributed by atoms with Crippen molar-refractivity contribution in [1.29, 1.82) is 0 Å². The van der Waals surface area contributed by atoms with Gasteiger partial charge in [-0.1, -0.05) is 134 Å². The molecule has 0 saturated heterocycles. The largest absolute Gasteiger partial charge is 0.470 e. The van der Waals surface area contributed by atoms with Gasteiger partial charge in [-0.25, -0.2) is 0 Å². The molecule has 2 atom stereocenters. The number of anilines is 5. The lowest BCUT2D eigenvalue weighted by atomic mass is 9.29. The maximum Gasteiger partial charge on any atom is 0.231 e. The predicted molar refractivity (Wildman–Crippen MR) is 282 cm³/mol. The van der Waals surface area contributed by atoms with E-state index < -0.39 is 0 Å². The smallest absolute Gasteiger partial charge is 0.231 e. The Morgan fingerprint density at radius 1 is 0.515 bits per heavy atom. The van der Waals surface area contributed by atoms with Gasteiger partial charge in [0.15, 0.2) is 6.23 Å². The van der Waals surface area contributed by atoms with E-state index in [0.29, 0.717) is 0 Å². The molecule has 0 aromatic heterocycles. The van der Waals surface area contributed by atoms with E-state index in [1.165, 1.54) is 134 Å². The molecule has 5 aromatic rings. The average Bonchev–Trinajstić information content (AvgIpc) is 3.61. The summed E-state index contributed by atoms with van der Waals surface area (Å²) >= 11 is 0. The third-order valence-electron chi connectivity index (χ3n) is 18.6. The number of rotatable bonds is 2. The van der Waals surface area contributed by atoms with Crippen LogP contribution in [0.2, 0.25) is 0 Å². The van der Waals surface area contributed by atoms with Crippen LogP contribution >= 0.6 is 0 Å². The molecule has 0 N–H and O–H groups in total. The second-order valence-electron chi connectivity index (χ2n) is 27.1. The van der Waals surface area contributed by atoms with Gasteiger partial charge in [-0.15, -0.1) is 0 Å². The van der Waals surface area contributed by atoms with Gasteiger partial charge in [-0.3, -0.25) is 0 Å². The van der Waals surface area contributed by atoms with E-state index in [1.54, 1.807) is 0 Å². The Morgan fingerprint density at radius 2 is 1.02 bits per heavy atom. The van der Waals surface area contributed by atoms with Crippen LogP contribution in [0.25, 0.3) is 0 Å². The van der Waals surface area contributed by atoms with E-state index in [0.717, 1.165) is 5.75 Å². The molecule has 5 aromatic carbocycles. The molecule has 6 aliphatic rings. The third kappa shape index (κ3) is 6.27. The molecular formula is C62H77BN2O. The van der Waals surface area contributed by atoms with Crippen LogP contribution in [0.15, 0.2) is 72.8 Å². The van der Waals surface area contributed by atoms with Crippen LogP contribution in [0.1, 0.15) is 204 Å². The summed E-state index contributed by atoms with van der Waals surface area (Å²) in [5.74, 6) is 1.10. The Balaban J connectivity index is 1.26. The maximum absolute atomic E-state index is 7.52. The number of aryl methyl sites for hydroxylation is 2. The van der Waals surface area contributed by atoms with Crippen LogP contribution in [0.3, 0.4) is 0 Å². The highest BCUT2D eigenvalue weighted by Gasteiger charge is 2.56. The summed E-state index contributed by atoms with van der Waals surface area (Å²) in [4.78, 5) is 5.41. The van der Waals surface area contributed by atoms with Gasteiger partial charge < -0.3 is 14.5 Å². The summed E-state index contributed by atoms with van der Waals surface area (Å²) in [5.41, 5.74) is 24.4. The second kappa shape index (κ2) is 13.6. The number of hydrogen-bond acceptors (Lipinski definition) is 3. The van der Waals surface area contributed by atoms with Crippen molar-refractivity contribution in [3.63, 3.8) is 0 Å². The first-order chi connectivity index (χ1) is 30.6. The number of fused-ring (bicyclic) bond motifs is 9. The van der Waals surface area contributed by atoms with Crippen molar-refractivity contribution in [3.05, 3.63) is 128 Å². The second-order valence-corrected chi connectivity index (χ2v) is 27.1. The van der Waals surface area contributed by atoms with Crippen LogP contribution in [-0.4, -0.2) is 12.9 Å². The van der Waals surface area contributed by atoms with Gasteiger partial charge in [0.1, 0.15) is 5.75 Å². The fourth-order valence-electron chi connectivity index (χ4n) is 13.8. The van der Waals surface area contributed by atoms with E-state index in [2.05, 4.69) is 200 Å². The van der Waals surface area contributed by atoms with Crippen molar-refractivity contribution < 1.29 is 4.74 Å². The van der Waals surface area contributed by atoms with Crippen LogP contribution in [-0.2, 0) is 37.9 Å². The maximum atomic E-state index is 7.52. The molecule has 3 nitrogen and oxygen atoms in total. The van der Waals surface area contributed by atoms with E-state index in [1.807, 2.05) is 0 Å². The molecule has 66 heavy (non-hydrogen) atoms. The van der Waals surface area contributed by atoms with Gasteiger partial charge in [0.05, 0.1) is 0 Å². The molecule has 0 radical (unpaired) electrons.